The molecule has 6 heteroatoms. The molecule has 2 N–H and O–H groups in total. The number of anilines is 1. The maximum Gasteiger partial charge on any atom is 0.227 e. The van der Waals surface area contributed by atoms with Crippen molar-refractivity contribution in [3.63, 3.8) is 0 Å². The lowest BCUT2D eigenvalue weighted by molar-refractivity contribution is -0.117. The Balaban J connectivity index is 1.97. The number of carbonyl (C=O) groups is 1. The summed E-state index contributed by atoms with van der Waals surface area (Å²) in [5, 5.41) is 2.39. The number of benzene rings is 1. The zero-order valence-electron chi connectivity index (χ0n) is 11.7. The number of hydrogen-bond donors (Lipinski definition) is 2. The summed E-state index contributed by atoms with van der Waals surface area (Å²) in [5.41, 5.74) is 1.53. The van der Waals surface area contributed by atoms with Crippen LogP contribution in [0, 0.1) is 5.92 Å². The predicted octanol–water partition coefficient (Wildman–Crippen LogP) is 1.86. The van der Waals surface area contributed by atoms with Gasteiger partial charge in [-0.15, -0.1) is 0 Å². The highest BCUT2D eigenvalue weighted by atomic mass is 32.2. The first-order chi connectivity index (χ1) is 9.38. The Hall–Kier alpha value is -1.40. The van der Waals surface area contributed by atoms with Crippen molar-refractivity contribution in [1.82, 2.24) is 4.72 Å². The molecular formula is C14H20N2O3S. The Kier molecular flexibility index (Phi) is 4.45. The van der Waals surface area contributed by atoms with E-state index in [-0.39, 0.29) is 18.4 Å². The van der Waals surface area contributed by atoms with E-state index in [0.29, 0.717) is 5.69 Å². The normalized spacial score (nSPS) is 15.3. The molecule has 0 radical (unpaired) electrons. The van der Waals surface area contributed by atoms with Gasteiger partial charge < -0.3 is 5.32 Å². The summed E-state index contributed by atoms with van der Waals surface area (Å²) in [6.45, 7) is 3.50. The Labute approximate surface area is 119 Å². The fraction of sp³-hybridized carbons (Fsp3) is 0.500. The van der Waals surface area contributed by atoms with Gasteiger partial charge in [-0.1, -0.05) is 12.1 Å². The van der Waals surface area contributed by atoms with E-state index in [2.05, 4.69) is 10.0 Å². The van der Waals surface area contributed by atoms with Gasteiger partial charge in [0.25, 0.3) is 0 Å². The Morgan fingerprint density at radius 3 is 2.65 bits per heavy atom. The standard InChI is InChI=1S/C14H20N2O3S/c1-10(2)20(18,19)15-9-11-4-3-5-13(8-11)16-14(17)12-6-7-12/h3-5,8,10,12,15H,6-7,9H2,1-2H3,(H,16,17). The first-order valence-electron chi connectivity index (χ1n) is 6.77. The van der Waals surface area contributed by atoms with Crippen molar-refractivity contribution in [3.05, 3.63) is 29.8 Å². The van der Waals surface area contributed by atoms with Crippen molar-refractivity contribution in [1.29, 1.82) is 0 Å². The van der Waals surface area contributed by atoms with E-state index >= 15 is 0 Å². The number of sulfonamides is 1. The van der Waals surface area contributed by atoms with Crippen LogP contribution >= 0.6 is 0 Å². The molecule has 1 aliphatic carbocycles. The minimum absolute atomic E-state index is 0.0462. The molecule has 2 rings (SSSR count). The molecule has 110 valence electrons. The zero-order chi connectivity index (χ0) is 14.8. The van der Waals surface area contributed by atoms with Gasteiger partial charge in [0.1, 0.15) is 0 Å². The van der Waals surface area contributed by atoms with E-state index in [1.54, 1.807) is 26.0 Å². The van der Waals surface area contributed by atoms with Gasteiger partial charge in [0, 0.05) is 18.2 Å². The van der Waals surface area contributed by atoms with Gasteiger partial charge in [-0.3, -0.25) is 4.79 Å². The number of hydrogen-bond acceptors (Lipinski definition) is 3. The molecule has 1 saturated carbocycles. The third-order valence-electron chi connectivity index (χ3n) is 3.24. The van der Waals surface area contributed by atoms with Crippen LogP contribution in [0.15, 0.2) is 24.3 Å². The third-order valence-corrected chi connectivity index (χ3v) is 5.03. The first kappa shape index (κ1) is 15.0. The Morgan fingerprint density at radius 2 is 2.05 bits per heavy atom. The molecule has 1 aliphatic rings. The SMILES string of the molecule is CC(C)S(=O)(=O)NCc1cccc(NC(=O)C2CC2)c1. The van der Waals surface area contributed by atoms with Crippen LogP contribution in [-0.2, 0) is 21.4 Å². The van der Waals surface area contributed by atoms with E-state index in [1.165, 1.54) is 0 Å². The van der Waals surface area contributed by atoms with Crippen molar-refractivity contribution < 1.29 is 13.2 Å². The van der Waals surface area contributed by atoms with Gasteiger partial charge in [0.05, 0.1) is 5.25 Å². The van der Waals surface area contributed by atoms with Crippen LogP contribution in [0.1, 0.15) is 32.3 Å². The molecule has 1 aromatic rings. The number of nitrogens with one attached hydrogen (secondary N) is 2. The fourth-order valence-corrected chi connectivity index (χ4v) is 2.40. The zero-order valence-corrected chi connectivity index (χ0v) is 12.5. The lowest BCUT2D eigenvalue weighted by Gasteiger charge is -2.10. The summed E-state index contributed by atoms with van der Waals surface area (Å²) in [4.78, 5) is 11.7. The predicted molar refractivity (Wildman–Crippen MR) is 78.7 cm³/mol. The quantitative estimate of drug-likeness (QED) is 0.841. The highest BCUT2D eigenvalue weighted by Crippen LogP contribution is 2.30. The molecule has 5 nitrogen and oxygen atoms in total. The number of rotatable bonds is 6. The molecule has 0 bridgehead atoms. The molecule has 0 spiro atoms. The molecule has 1 aromatic carbocycles. The minimum Gasteiger partial charge on any atom is -0.326 e. The second kappa shape index (κ2) is 5.93. The van der Waals surface area contributed by atoms with Crippen LogP contribution < -0.4 is 10.0 Å². The topological polar surface area (TPSA) is 75.3 Å². The second-order valence-electron chi connectivity index (χ2n) is 5.38. The van der Waals surface area contributed by atoms with Gasteiger partial charge >= 0.3 is 0 Å². The average molecular weight is 296 g/mol. The van der Waals surface area contributed by atoms with E-state index in [9.17, 15) is 13.2 Å². The third kappa shape index (κ3) is 4.05. The van der Waals surface area contributed by atoms with Crippen molar-refractivity contribution in [2.45, 2.75) is 38.5 Å². The summed E-state index contributed by atoms with van der Waals surface area (Å²) >= 11 is 0. The fourth-order valence-electron chi connectivity index (χ4n) is 1.70. The van der Waals surface area contributed by atoms with Crippen LogP contribution in [-0.4, -0.2) is 19.6 Å². The van der Waals surface area contributed by atoms with Crippen LogP contribution in [0.25, 0.3) is 0 Å². The number of carbonyl (C=O) groups excluding carboxylic acids is 1. The smallest absolute Gasteiger partial charge is 0.227 e. The van der Waals surface area contributed by atoms with Gasteiger partial charge in [-0.05, 0) is 44.4 Å². The Bertz CT molecular complexity index is 592. The largest absolute Gasteiger partial charge is 0.326 e. The van der Waals surface area contributed by atoms with Crippen LogP contribution in [0.3, 0.4) is 0 Å². The van der Waals surface area contributed by atoms with Crippen molar-refractivity contribution >= 4 is 21.6 Å². The second-order valence-corrected chi connectivity index (χ2v) is 7.70. The highest BCUT2D eigenvalue weighted by molar-refractivity contribution is 7.90. The Morgan fingerprint density at radius 1 is 1.35 bits per heavy atom. The maximum atomic E-state index is 11.7. The van der Waals surface area contributed by atoms with E-state index in [1.807, 2.05) is 12.1 Å². The summed E-state index contributed by atoms with van der Waals surface area (Å²) in [6.07, 6.45) is 1.92. The molecule has 0 aromatic heterocycles. The summed E-state index contributed by atoms with van der Waals surface area (Å²) < 4.78 is 25.9. The maximum absolute atomic E-state index is 11.7. The van der Waals surface area contributed by atoms with Crippen LogP contribution in [0.4, 0.5) is 5.69 Å². The van der Waals surface area contributed by atoms with Gasteiger partial charge in [-0.25, -0.2) is 13.1 Å². The minimum atomic E-state index is -3.27. The van der Waals surface area contributed by atoms with Gasteiger partial charge in [0.2, 0.25) is 15.9 Å². The molecule has 0 atom stereocenters. The molecule has 0 unspecified atom stereocenters. The summed E-state index contributed by atoms with van der Waals surface area (Å²) in [6, 6.07) is 7.24. The summed E-state index contributed by atoms with van der Waals surface area (Å²) in [5.74, 6) is 0.197. The molecular weight excluding hydrogens is 276 g/mol. The molecule has 0 heterocycles. The van der Waals surface area contributed by atoms with Crippen molar-refractivity contribution in [2.24, 2.45) is 5.92 Å². The van der Waals surface area contributed by atoms with Crippen molar-refractivity contribution in [3.8, 4) is 0 Å². The van der Waals surface area contributed by atoms with Crippen molar-refractivity contribution in [2.75, 3.05) is 5.32 Å². The van der Waals surface area contributed by atoms with E-state index < -0.39 is 15.3 Å². The van der Waals surface area contributed by atoms with Gasteiger partial charge in [0.15, 0.2) is 0 Å². The highest BCUT2D eigenvalue weighted by Gasteiger charge is 2.29. The molecule has 0 aliphatic heterocycles. The van der Waals surface area contributed by atoms with Gasteiger partial charge in [-0.2, -0.15) is 0 Å². The average Bonchev–Trinajstić information content (AvgIpc) is 3.21. The summed E-state index contributed by atoms with van der Waals surface area (Å²) in [7, 11) is -3.27. The first-order valence-corrected chi connectivity index (χ1v) is 8.31. The lowest BCUT2D eigenvalue weighted by Crippen LogP contribution is -2.30. The lowest BCUT2D eigenvalue weighted by atomic mass is 10.2. The van der Waals surface area contributed by atoms with E-state index in [0.717, 1.165) is 18.4 Å². The van der Waals surface area contributed by atoms with Crippen LogP contribution in [0.5, 0.6) is 0 Å². The number of amides is 1. The molecule has 1 fully saturated rings. The molecule has 20 heavy (non-hydrogen) atoms. The van der Waals surface area contributed by atoms with Crippen LogP contribution in [0.2, 0.25) is 0 Å². The molecule has 1 amide bonds. The molecule has 0 saturated heterocycles. The monoisotopic (exact) mass is 296 g/mol. The van der Waals surface area contributed by atoms with E-state index in [4.69, 9.17) is 0 Å².